The molecule has 1 aliphatic heterocycles. The first-order valence-corrected chi connectivity index (χ1v) is 7.75. The summed E-state index contributed by atoms with van der Waals surface area (Å²) in [5, 5.41) is 2.19. The summed E-state index contributed by atoms with van der Waals surface area (Å²) in [5.74, 6) is 0. The molecular formula is C18H20F3N. The van der Waals surface area contributed by atoms with E-state index < -0.39 is 12.2 Å². The standard InChI is InChI=1S/C18H20F3N/c1-13-9-10-14(16-7-3-2-6-15(13)16)12-22-11-5-4-8-17(22)18(19,20)21/h2-3,6-7,9-10,17H,4-5,8,11-12H2,1H3. The van der Waals surface area contributed by atoms with Crippen molar-refractivity contribution in [1.82, 2.24) is 4.90 Å². The van der Waals surface area contributed by atoms with Crippen molar-refractivity contribution < 1.29 is 13.2 Å². The van der Waals surface area contributed by atoms with Gasteiger partial charge in [0.05, 0.1) is 0 Å². The van der Waals surface area contributed by atoms with Crippen LogP contribution in [0.5, 0.6) is 0 Å². The van der Waals surface area contributed by atoms with Gasteiger partial charge in [-0.25, -0.2) is 0 Å². The predicted octanol–water partition coefficient (Wildman–Crippen LogP) is 5.07. The number of benzene rings is 2. The van der Waals surface area contributed by atoms with E-state index in [4.69, 9.17) is 0 Å². The van der Waals surface area contributed by atoms with Crippen molar-refractivity contribution in [2.75, 3.05) is 6.54 Å². The molecule has 0 spiro atoms. The molecule has 0 bridgehead atoms. The summed E-state index contributed by atoms with van der Waals surface area (Å²) in [6.45, 7) is 2.92. The summed E-state index contributed by atoms with van der Waals surface area (Å²) in [7, 11) is 0. The second-order valence-corrected chi connectivity index (χ2v) is 6.11. The maximum absolute atomic E-state index is 13.2. The quantitative estimate of drug-likeness (QED) is 0.749. The van der Waals surface area contributed by atoms with Gasteiger partial charge >= 0.3 is 6.18 Å². The first kappa shape index (κ1) is 15.3. The van der Waals surface area contributed by atoms with Gasteiger partial charge in [-0.05, 0) is 48.2 Å². The highest BCUT2D eigenvalue weighted by atomic mass is 19.4. The zero-order valence-corrected chi connectivity index (χ0v) is 12.7. The van der Waals surface area contributed by atoms with Crippen molar-refractivity contribution in [2.45, 2.75) is 44.9 Å². The largest absolute Gasteiger partial charge is 0.404 e. The Balaban J connectivity index is 1.93. The highest BCUT2D eigenvalue weighted by Crippen LogP contribution is 2.34. The molecule has 1 saturated heterocycles. The van der Waals surface area contributed by atoms with Crippen LogP contribution in [0.15, 0.2) is 36.4 Å². The molecule has 4 heteroatoms. The van der Waals surface area contributed by atoms with Gasteiger partial charge in [0.15, 0.2) is 0 Å². The zero-order valence-electron chi connectivity index (χ0n) is 12.7. The third-order valence-electron chi connectivity index (χ3n) is 4.60. The molecule has 1 heterocycles. The van der Waals surface area contributed by atoms with Crippen molar-refractivity contribution >= 4 is 10.8 Å². The molecule has 1 fully saturated rings. The molecule has 118 valence electrons. The van der Waals surface area contributed by atoms with Gasteiger partial charge in [0.2, 0.25) is 0 Å². The second-order valence-electron chi connectivity index (χ2n) is 6.11. The van der Waals surface area contributed by atoms with Gasteiger partial charge in [-0.1, -0.05) is 42.8 Å². The van der Waals surface area contributed by atoms with Crippen LogP contribution in [0.4, 0.5) is 13.2 Å². The summed E-state index contributed by atoms with van der Waals surface area (Å²) in [6.07, 6.45) is -2.42. The summed E-state index contributed by atoms with van der Waals surface area (Å²) < 4.78 is 39.7. The molecule has 3 rings (SSSR count). The van der Waals surface area contributed by atoms with Crippen molar-refractivity contribution in [2.24, 2.45) is 0 Å². The van der Waals surface area contributed by atoms with E-state index in [2.05, 4.69) is 0 Å². The van der Waals surface area contributed by atoms with Crippen LogP contribution < -0.4 is 0 Å². The minimum Gasteiger partial charge on any atom is -0.288 e. The molecule has 1 unspecified atom stereocenters. The highest BCUT2D eigenvalue weighted by molar-refractivity contribution is 5.88. The molecule has 0 radical (unpaired) electrons. The van der Waals surface area contributed by atoms with Crippen LogP contribution in [0.1, 0.15) is 30.4 Å². The molecule has 0 aliphatic carbocycles. The number of aryl methyl sites for hydroxylation is 1. The Morgan fingerprint density at radius 1 is 1.05 bits per heavy atom. The normalized spacial score (nSPS) is 20.5. The number of rotatable bonds is 2. The van der Waals surface area contributed by atoms with Gasteiger partial charge in [0.25, 0.3) is 0 Å². The average molecular weight is 307 g/mol. The number of fused-ring (bicyclic) bond motifs is 1. The fourth-order valence-electron chi connectivity index (χ4n) is 3.42. The maximum atomic E-state index is 13.2. The van der Waals surface area contributed by atoms with Gasteiger partial charge in [-0.3, -0.25) is 4.90 Å². The van der Waals surface area contributed by atoms with Gasteiger partial charge in [0.1, 0.15) is 6.04 Å². The minimum absolute atomic E-state index is 0.216. The van der Waals surface area contributed by atoms with Crippen LogP contribution in [0.25, 0.3) is 10.8 Å². The zero-order chi connectivity index (χ0) is 15.7. The first-order chi connectivity index (χ1) is 10.5. The lowest BCUT2D eigenvalue weighted by atomic mass is 9.97. The number of likely N-dealkylation sites (tertiary alicyclic amines) is 1. The minimum atomic E-state index is -4.14. The fraction of sp³-hybridized carbons (Fsp3) is 0.444. The average Bonchev–Trinajstić information content (AvgIpc) is 2.50. The van der Waals surface area contributed by atoms with E-state index in [1.54, 1.807) is 4.90 Å². The Bertz CT molecular complexity index is 663. The van der Waals surface area contributed by atoms with Crippen molar-refractivity contribution in [3.8, 4) is 0 Å². The Morgan fingerprint density at radius 2 is 1.77 bits per heavy atom. The van der Waals surface area contributed by atoms with Gasteiger partial charge in [-0.2, -0.15) is 13.2 Å². The summed E-state index contributed by atoms with van der Waals surface area (Å²) in [6, 6.07) is 10.6. The fourth-order valence-corrected chi connectivity index (χ4v) is 3.42. The summed E-state index contributed by atoms with van der Waals surface area (Å²) >= 11 is 0. The van der Waals surface area contributed by atoms with E-state index in [0.29, 0.717) is 19.5 Å². The first-order valence-electron chi connectivity index (χ1n) is 7.75. The van der Waals surface area contributed by atoms with E-state index in [-0.39, 0.29) is 6.42 Å². The summed E-state index contributed by atoms with van der Waals surface area (Å²) in [4.78, 5) is 1.60. The molecule has 0 saturated carbocycles. The Labute approximate surface area is 128 Å². The molecule has 1 nitrogen and oxygen atoms in total. The van der Waals surface area contributed by atoms with Crippen LogP contribution in [0.2, 0.25) is 0 Å². The molecule has 1 aliphatic rings. The van der Waals surface area contributed by atoms with Crippen LogP contribution in [0, 0.1) is 6.92 Å². The van der Waals surface area contributed by atoms with Gasteiger partial charge in [0, 0.05) is 6.54 Å². The van der Waals surface area contributed by atoms with Crippen molar-refractivity contribution in [3.63, 3.8) is 0 Å². The van der Waals surface area contributed by atoms with Crippen molar-refractivity contribution in [3.05, 3.63) is 47.5 Å². The van der Waals surface area contributed by atoms with E-state index >= 15 is 0 Å². The van der Waals surface area contributed by atoms with Crippen LogP contribution in [0.3, 0.4) is 0 Å². The smallest absolute Gasteiger partial charge is 0.288 e. The molecule has 0 N–H and O–H groups in total. The number of nitrogens with zero attached hydrogens (tertiary/aromatic N) is 1. The number of hydrogen-bond donors (Lipinski definition) is 0. The van der Waals surface area contributed by atoms with Crippen LogP contribution in [-0.4, -0.2) is 23.7 Å². The summed E-state index contributed by atoms with van der Waals surface area (Å²) in [5.41, 5.74) is 2.14. The van der Waals surface area contributed by atoms with Gasteiger partial charge < -0.3 is 0 Å². The Morgan fingerprint density at radius 3 is 2.50 bits per heavy atom. The lowest BCUT2D eigenvalue weighted by molar-refractivity contribution is -0.192. The molecule has 0 aromatic heterocycles. The Kier molecular flexibility index (Phi) is 4.13. The third kappa shape index (κ3) is 2.98. The third-order valence-corrected chi connectivity index (χ3v) is 4.60. The van der Waals surface area contributed by atoms with Crippen molar-refractivity contribution in [1.29, 1.82) is 0 Å². The number of halogens is 3. The number of hydrogen-bond acceptors (Lipinski definition) is 1. The second kappa shape index (κ2) is 5.92. The predicted molar refractivity (Wildman–Crippen MR) is 82.8 cm³/mol. The SMILES string of the molecule is Cc1ccc(CN2CCCCC2C(F)(F)F)c2ccccc12. The van der Waals surface area contributed by atoms with E-state index in [0.717, 1.165) is 28.3 Å². The molecule has 2 aromatic rings. The number of alkyl halides is 3. The molecule has 0 amide bonds. The van der Waals surface area contributed by atoms with Crippen LogP contribution in [-0.2, 0) is 6.54 Å². The monoisotopic (exact) mass is 307 g/mol. The van der Waals surface area contributed by atoms with Gasteiger partial charge in [-0.15, -0.1) is 0 Å². The molecular weight excluding hydrogens is 287 g/mol. The van der Waals surface area contributed by atoms with Crippen LogP contribution >= 0.6 is 0 Å². The maximum Gasteiger partial charge on any atom is 0.404 e. The van der Waals surface area contributed by atoms with E-state index in [1.165, 1.54) is 0 Å². The number of piperidine rings is 1. The van der Waals surface area contributed by atoms with E-state index in [1.807, 2.05) is 43.3 Å². The lowest BCUT2D eigenvalue weighted by Crippen LogP contribution is -2.48. The molecule has 1 atom stereocenters. The van der Waals surface area contributed by atoms with E-state index in [9.17, 15) is 13.2 Å². The molecule has 22 heavy (non-hydrogen) atoms. The highest BCUT2D eigenvalue weighted by Gasteiger charge is 2.44. The molecule has 2 aromatic carbocycles. The lowest BCUT2D eigenvalue weighted by Gasteiger charge is -2.37. The topological polar surface area (TPSA) is 3.24 Å². The Hall–Kier alpha value is -1.55.